The number of hydrogen-bond acceptors (Lipinski definition) is 2. The fourth-order valence-electron chi connectivity index (χ4n) is 6.34. The van der Waals surface area contributed by atoms with Gasteiger partial charge in [0.05, 0.1) is 11.0 Å². The van der Waals surface area contributed by atoms with Crippen LogP contribution in [0.4, 0.5) is 0 Å². The highest BCUT2D eigenvalue weighted by molar-refractivity contribution is 6.17. The summed E-state index contributed by atoms with van der Waals surface area (Å²) in [6, 6.07) is 44.7. The highest BCUT2D eigenvalue weighted by atomic mass is 16.3. The number of furan rings is 2. The maximum atomic E-state index is 6.58. The maximum Gasteiger partial charge on any atom is 0.143 e. The first-order valence-corrected chi connectivity index (χ1v) is 13.2. The smallest absolute Gasteiger partial charge is 0.143 e. The Hall–Kier alpha value is -5.28. The van der Waals surface area contributed by atoms with Crippen LogP contribution in [0.25, 0.3) is 82.5 Å². The Kier molecular flexibility index (Phi) is 4.05. The largest absolute Gasteiger partial charge is 0.456 e. The van der Waals surface area contributed by atoms with E-state index in [1.165, 1.54) is 21.8 Å². The molecule has 0 bridgehead atoms. The van der Waals surface area contributed by atoms with Crippen LogP contribution in [-0.4, -0.2) is 4.57 Å². The molecule has 0 N–H and O–H groups in total. The molecule has 0 radical (unpaired) electrons. The van der Waals surface area contributed by atoms with Crippen LogP contribution in [0.15, 0.2) is 136 Å². The molecule has 182 valence electrons. The molecule has 3 heteroatoms. The summed E-state index contributed by atoms with van der Waals surface area (Å²) in [5.41, 5.74) is 9.26. The lowest BCUT2D eigenvalue weighted by atomic mass is 9.97. The maximum absolute atomic E-state index is 6.58. The predicted octanol–water partition coefficient (Wildman–Crippen LogP) is 10.2. The highest BCUT2D eigenvalue weighted by Crippen LogP contribution is 2.42. The number of nitrogens with zero attached hydrogens (tertiary/aromatic N) is 1. The average Bonchev–Trinajstić information content (AvgIpc) is 3.66. The van der Waals surface area contributed by atoms with Crippen LogP contribution >= 0.6 is 0 Å². The second-order valence-electron chi connectivity index (χ2n) is 10.1. The zero-order valence-corrected chi connectivity index (χ0v) is 20.9. The first-order valence-electron chi connectivity index (χ1n) is 13.2. The van der Waals surface area contributed by atoms with Gasteiger partial charge in [-0.2, -0.15) is 0 Å². The van der Waals surface area contributed by atoms with Gasteiger partial charge in [-0.25, -0.2) is 0 Å². The standard InChI is InChI=1S/C36H21NO2/c1-4-15-30-23(9-1)24-10-2-5-16-31(24)37(30)22-19-20-33-29(21-22)27-14-7-13-26(36(27)39-33)25-12-8-18-34-35(25)28-11-3-6-17-32(28)38-34/h1-21H. The van der Waals surface area contributed by atoms with Gasteiger partial charge in [0.1, 0.15) is 22.3 Å². The number of hydrogen-bond donors (Lipinski definition) is 0. The van der Waals surface area contributed by atoms with Crippen LogP contribution in [0.5, 0.6) is 0 Å². The minimum Gasteiger partial charge on any atom is -0.456 e. The lowest BCUT2D eigenvalue weighted by Gasteiger charge is -2.08. The molecule has 3 aromatic heterocycles. The SMILES string of the molecule is c1ccc2c(c1)oc1cccc(-c3cccc4c3oc3ccc(-n5c6ccccc6c6ccccc65)cc34)c12. The molecule has 0 aliphatic heterocycles. The van der Waals surface area contributed by atoms with Gasteiger partial charge in [0.2, 0.25) is 0 Å². The Morgan fingerprint density at radius 2 is 1.03 bits per heavy atom. The summed E-state index contributed by atoms with van der Waals surface area (Å²) < 4.78 is 15.1. The van der Waals surface area contributed by atoms with Crippen molar-refractivity contribution < 1.29 is 8.83 Å². The fraction of sp³-hybridized carbons (Fsp3) is 0. The lowest BCUT2D eigenvalue weighted by Crippen LogP contribution is -1.93. The van der Waals surface area contributed by atoms with Gasteiger partial charge >= 0.3 is 0 Å². The first-order chi connectivity index (χ1) is 19.3. The Morgan fingerprint density at radius 3 is 1.85 bits per heavy atom. The number of fused-ring (bicyclic) bond motifs is 9. The van der Waals surface area contributed by atoms with E-state index in [2.05, 4.69) is 114 Å². The van der Waals surface area contributed by atoms with Crippen molar-refractivity contribution in [2.75, 3.05) is 0 Å². The van der Waals surface area contributed by atoms with Crippen LogP contribution in [-0.2, 0) is 0 Å². The van der Waals surface area contributed by atoms with E-state index in [9.17, 15) is 0 Å². The van der Waals surface area contributed by atoms with Gasteiger partial charge in [-0.15, -0.1) is 0 Å². The first kappa shape index (κ1) is 20.7. The zero-order chi connectivity index (χ0) is 25.5. The molecule has 0 unspecified atom stereocenters. The Bertz CT molecular complexity index is 2350. The van der Waals surface area contributed by atoms with E-state index in [1.54, 1.807) is 0 Å². The van der Waals surface area contributed by atoms with E-state index in [0.717, 1.165) is 60.7 Å². The molecule has 0 fully saturated rings. The summed E-state index contributed by atoms with van der Waals surface area (Å²) in [5, 5.41) is 6.96. The Labute approximate surface area is 223 Å². The van der Waals surface area contributed by atoms with Gasteiger partial charge < -0.3 is 13.4 Å². The van der Waals surface area contributed by atoms with E-state index in [1.807, 2.05) is 18.2 Å². The van der Waals surface area contributed by atoms with Crippen molar-refractivity contribution in [2.45, 2.75) is 0 Å². The molecule has 3 nitrogen and oxygen atoms in total. The van der Waals surface area contributed by atoms with Gasteiger partial charge in [-0.3, -0.25) is 0 Å². The van der Waals surface area contributed by atoms with Crippen molar-refractivity contribution >= 4 is 65.7 Å². The summed E-state index contributed by atoms with van der Waals surface area (Å²) in [5.74, 6) is 0. The van der Waals surface area contributed by atoms with Crippen molar-refractivity contribution in [3.63, 3.8) is 0 Å². The average molecular weight is 500 g/mol. The molecule has 0 amide bonds. The Morgan fingerprint density at radius 1 is 0.410 bits per heavy atom. The molecule has 3 heterocycles. The van der Waals surface area contributed by atoms with Crippen molar-refractivity contribution in [3.05, 3.63) is 127 Å². The number of para-hydroxylation sites is 4. The zero-order valence-electron chi connectivity index (χ0n) is 20.9. The molecular formula is C36H21NO2. The van der Waals surface area contributed by atoms with Crippen LogP contribution in [0.2, 0.25) is 0 Å². The highest BCUT2D eigenvalue weighted by Gasteiger charge is 2.18. The van der Waals surface area contributed by atoms with Gasteiger partial charge in [0.15, 0.2) is 0 Å². The summed E-state index contributed by atoms with van der Waals surface area (Å²) >= 11 is 0. The van der Waals surface area contributed by atoms with Gasteiger partial charge in [0.25, 0.3) is 0 Å². The second-order valence-corrected chi connectivity index (χ2v) is 10.1. The van der Waals surface area contributed by atoms with E-state index in [0.29, 0.717) is 0 Å². The quantitative estimate of drug-likeness (QED) is 0.237. The third-order valence-corrected chi connectivity index (χ3v) is 8.01. The summed E-state index contributed by atoms with van der Waals surface area (Å²) in [6.45, 7) is 0. The second kappa shape index (κ2) is 7.62. The summed E-state index contributed by atoms with van der Waals surface area (Å²) in [6.07, 6.45) is 0. The molecule has 0 aliphatic rings. The van der Waals surface area contributed by atoms with Crippen LogP contribution in [0.1, 0.15) is 0 Å². The molecule has 9 aromatic rings. The summed E-state index contributed by atoms with van der Waals surface area (Å²) in [4.78, 5) is 0. The van der Waals surface area contributed by atoms with Crippen LogP contribution in [0, 0.1) is 0 Å². The van der Waals surface area contributed by atoms with Crippen molar-refractivity contribution in [2.24, 2.45) is 0 Å². The van der Waals surface area contributed by atoms with E-state index in [-0.39, 0.29) is 0 Å². The molecule has 0 aliphatic carbocycles. The summed E-state index contributed by atoms with van der Waals surface area (Å²) in [7, 11) is 0. The molecule has 9 rings (SSSR count). The minimum atomic E-state index is 0.881. The molecule has 0 spiro atoms. The van der Waals surface area contributed by atoms with Gasteiger partial charge in [-0.1, -0.05) is 84.9 Å². The number of benzene rings is 6. The van der Waals surface area contributed by atoms with Crippen LogP contribution < -0.4 is 0 Å². The third kappa shape index (κ3) is 2.82. The molecule has 0 atom stereocenters. The van der Waals surface area contributed by atoms with Crippen LogP contribution in [0.3, 0.4) is 0 Å². The van der Waals surface area contributed by atoms with Crippen molar-refractivity contribution in [3.8, 4) is 16.8 Å². The molecule has 6 aromatic carbocycles. The fourth-order valence-corrected chi connectivity index (χ4v) is 6.34. The number of aromatic nitrogens is 1. The van der Waals surface area contributed by atoms with E-state index in [4.69, 9.17) is 8.83 Å². The minimum absolute atomic E-state index is 0.881. The predicted molar refractivity (Wildman–Crippen MR) is 161 cm³/mol. The third-order valence-electron chi connectivity index (χ3n) is 8.01. The van der Waals surface area contributed by atoms with Gasteiger partial charge in [-0.05, 0) is 48.0 Å². The topological polar surface area (TPSA) is 31.2 Å². The molecule has 39 heavy (non-hydrogen) atoms. The Balaban J connectivity index is 1.32. The molecular weight excluding hydrogens is 478 g/mol. The lowest BCUT2D eigenvalue weighted by molar-refractivity contribution is 0.668. The molecule has 0 saturated carbocycles. The van der Waals surface area contributed by atoms with E-state index >= 15 is 0 Å². The normalized spacial score (nSPS) is 12.1. The van der Waals surface area contributed by atoms with Crippen molar-refractivity contribution in [1.82, 2.24) is 4.57 Å². The molecule has 0 saturated heterocycles. The van der Waals surface area contributed by atoms with Gasteiger partial charge in [0, 0.05) is 43.6 Å². The monoisotopic (exact) mass is 499 g/mol. The number of rotatable bonds is 2. The van der Waals surface area contributed by atoms with E-state index < -0.39 is 0 Å². The van der Waals surface area contributed by atoms with Crippen molar-refractivity contribution in [1.29, 1.82) is 0 Å².